The highest BCUT2D eigenvalue weighted by atomic mass is 35.5. The molecule has 1 fully saturated rings. The van der Waals surface area contributed by atoms with Crippen LogP contribution in [-0.2, 0) is 11.2 Å². The van der Waals surface area contributed by atoms with Gasteiger partial charge in [-0.05, 0) is 55.7 Å². The van der Waals surface area contributed by atoms with Crippen molar-refractivity contribution >= 4 is 17.6 Å². The Hall–Kier alpha value is -1.26. The molecule has 4 nitrogen and oxygen atoms in total. The van der Waals surface area contributed by atoms with Crippen molar-refractivity contribution < 1.29 is 9.53 Å². The second-order valence-electron chi connectivity index (χ2n) is 6.20. The summed E-state index contributed by atoms with van der Waals surface area (Å²) >= 11 is 5.87. The molecule has 1 aliphatic rings. The Morgan fingerprint density at radius 2 is 2.17 bits per heavy atom. The first kappa shape index (κ1) is 18.1. The van der Waals surface area contributed by atoms with Gasteiger partial charge in [0.05, 0.1) is 0 Å². The first-order chi connectivity index (χ1) is 11.2. The summed E-state index contributed by atoms with van der Waals surface area (Å²) in [5.74, 6) is 0.612. The second-order valence-corrected chi connectivity index (χ2v) is 6.63. The second kappa shape index (κ2) is 9.78. The molecule has 0 saturated carbocycles. The molecule has 0 radical (unpaired) electrons. The lowest BCUT2D eigenvalue weighted by atomic mass is 9.94. The number of methoxy groups -OCH3 is 1. The van der Waals surface area contributed by atoms with Gasteiger partial charge in [0.25, 0.3) is 0 Å². The topological polar surface area (TPSA) is 41.6 Å². The van der Waals surface area contributed by atoms with E-state index in [-0.39, 0.29) is 6.03 Å². The van der Waals surface area contributed by atoms with Crippen LogP contribution in [0.1, 0.15) is 31.2 Å². The van der Waals surface area contributed by atoms with Gasteiger partial charge in [-0.3, -0.25) is 0 Å². The predicted octanol–water partition coefficient (Wildman–Crippen LogP) is 3.73. The van der Waals surface area contributed by atoms with Gasteiger partial charge in [0.15, 0.2) is 0 Å². The van der Waals surface area contributed by atoms with E-state index in [1.165, 1.54) is 12.0 Å². The predicted molar refractivity (Wildman–Crippen MR) is 94.0 cm³/mol. The van der Waals surface area contributed by atoms with Gasteiger partial charge in [0, 0.05) is 38.4 Å². The minimum atomic E-state index is 0.0652. The number of halogens is 1. The summed E-state index contributed by atoms with van der Waals surface area (Å²) in [6.45, 7) is 3.21. The van der Waals surface area contributed by atoms with Crippen LogP contribution in [-0.4, -0.2) is 44.3 Å². The fraction of sp³-hybridized carbons (Fsp3) is 0.611. The Morgan fingerprint density at radius 3 is 2.91 bits per heavy atom. The summed E-state index contributed by atoms with van der Waals surface area (Å²) in [5.41, 5.74) is 1.19. The number of nitrogens with zero attached hydrogens (tertiary/aromatic N) is 1. The van der Waals surface area contributed by atoms with Gasteiger partial charge in [0.1, 0.15) is 0 Å². The quantitative estimate of drug-likeness (QED) is 0.770. The number of urea groups is 1. The molecule has 1 saturated heterocycles. The fourth-order valence-corrected chi connectivity index (χ4v) is 3.20. The smallest absolute Gasteiger partial charge is 0.317 e. The number of rotatable bonds is 7. The molecule has 1 aromatic carbocycles. The monoisotopic (exact) mass is 338 g/mol. The first-order valence-electron chi connectivity index (χ1n) is 8.45. The van der Waals surface area contributed by atoms with Crippen molar-refractivity contribution in [3.8, 4) is 0 Å². The highest BCUT2D eigenvalue weighted by Crippen LogP contribution is 2.21. The van der Waals surface area contributed by atoms with Crippen LogP contribution in [0.4, 0.5) is 4.79 Å². The van der Waals surface area contributed by atoms with Gasteiger partial charge >= 0.3 is 6.03 Å². The molecule has 0 bridgehead atoms. The average molecular weight is 339 g/mol. The lowest BCUT2D eigenvalue weighted by molar-refractivity contribution is 0.149. The SMILES string of the molecule is COCCC[C@@H]1CCCN(C(=O)NCCc2ccc(Cl)cc2)C1. The highest BCUT2D eigenvalue weighted by molar-refractivity contribution is 6.30. The lowest BCUT2D eigenvalue weighted by Gasteiger charge is -2.32. The summed E-state index contributed by atoms with van der Waals surface area (Å²) in [4.78, 5) is 14.2. The van der Waals surface area contributed by atoms with Crippen LogP contribution < -0.4 is 5.32 Å². The molecular formula is C18H27ClN2O2. The maximum Gasteiger partial charge on any atom is 0.317 e. The number of likely N-dealkylation sites (tertiary alicyclic amines) is 1. The van der Waals surface area contributed by atoms with Crippen molar-refractivity contribution in [2.24, 2.45) is 5.92 Å². The molecule has 2 rings (SSSR count). The number of nitrogens with one attached hydrogen (secondary N) is 1. The fourth-order valence-electron chi connectivity index (χ4n) is 3.08. The average Bonchev–Trinajstić information content (AvgIpc) is 2.57. The van der Waals surface area contributed by atoms with Gasteiger partial charge in [0.2, 0.25) is 0 Å². The van der Waals surface area contributed by atoms with Crippen molar-refractivity contribution in [1.82, 2.24) is 10.2 Å². The van der Waals surface area contributed by atoms with E-state index in [0.29, 0.717) is 12.5 Å². The van der Waals surface area contributed by atoms with Crippen LogP contribution in [0.5, 0.6) is 0 Å². The van der Waals surface area contributed by atoms with E-state index < -0.39 is 0 Å². The van der Waals surface area contributed by atoms with Crippen LogP contribution in [0, 0.1) is 5.92 Å². The molecule has 1 atom stereocenters. The van der Waals surface area contributed by atoms with E-state index in [9.17, 15) is 4.79 Å². The van der Waals surface area contributed by atoms with Crippen LogP contribution in [0.15, 0.2) is 24.3 Å². The Balaban J connectivity index is 1.69. The zero-order valence-electron chi connectivity index (χ0n) is 13.9. The molecular weight excluding hydrogens is 312 g/mol. The maximum atomic E-state index is 12.3. The number of carbonyl (C=O) groups is 1. The molecule has 128 valence electrons. The Bertz CT molecular complexity index is 478. The summed E-state index contributed by atoms with van der Waals surface area (Å²) in [5, 5.41) is 3.77. The third-order valence-corrected chi connectivity index (χ3v) is 4.62. The molecule has 1 heterocycles. The highest BCUT2D eigenvalue weighted by Gasteiger charge is 2.22. The molecule has 1 aromatic rings. The largest absolute Gasteiger partial charge is 0.385 e. The van der Waals surface area contributed by atoms with Crippen molar-refractivity contribution in [3.63, 3.8) is 0 Å². The van der Waals surface area contributed by atoms with E-state index in [2.05, 4.69) is 5.32 Å². The van der Waals surface area contributed by atoms with Gasteiger partial charge < -0.3 is 15.0 Å². The standard InChI is InChI=1S/C18H27ClN2O2/c1-23-13-3-5-16-4-2-12-21(14-16)18(22)20-11-10-15-6-8-17(19)9-7-15/h6-9,16H,2-5,10-14H2,1H3,(H,20,22)/t16-/m0/s1. The molecule has 0 unspecified atom stereocenters. The van der Waals surface area contributed by atoms with Crippen LogP contribution in [0.25, 0.3) is 0 Å². The molecule has 1 N–H and O–H groups in total. The summed E-state index contributed by atoms with van der Waals surface area (Å²) in [7, 11) is 1.74. The van der Waals surface area contributed by atoms with E-state index in [4.69, 9.17) is 16.3 Å². The third-order valence-electron chi connectivity index (χ3n) is 4.37. The summed E-state index contributed by atoms with van der Waals surface area (Å²) in [6.07, 6.45) is 5.37. The van der Waals surface area contributed by atoms with Crippen molar-refractivity contribution in [1.29, 1.82) is 0 Å². The normalized spacial score (nSPS) is 18.0. The molecule has 0 aromatic heterocycles. The molecule has 0 spiro atoms. The van der Waals surface area contributed by atoms with Crippen molar-refractivity contribution in [3.05, 3.63) is 34.9 Å². The molecule has 23 heavy (non-hydrogen) atoms. The Morgan fingerprint density at radius 1 is 1.39 bits per heavy atom. The first-order valence-corrected chi connectivity index (χ1v) is 8.83. The van der Waals surface area contributed by atoms with Crippen molar-refractivity contribution in [2.75, 3.05) is 33.4 Å². The van der Waals surface area contributed by atoms with Crippen LogP contribution in [0.3, 0.4) is 0 Å². The Kier molecular flexibility index (Phi) is 7.69. The number of hydrogen-bond acceptors (Lipinski definition) is 2. The third kappa shape index (κ3) is 6.40. The van der Waals surface area contributed by atoms with Gasteiger partial charge in [-0.2, -0.15) is 0 Å². The van der Waals surface area contributed by atoms with Crippen LogP contribution in [0.2, 0.25) is 5.02 Å². The van der Waals surface area contributed by atoms with E-state index in [1.807, 2.05) is 29.2 Å². The minimum absolute atomic E-state index is 0.0652. The number of amides is 2. The van der Waals surface area contributed by atoms with Gasteiger partial charge in [-0.1, -0.05) is 23.7 Å². The molecule has 1 aliphatic heterocycles. The molecule has 5 heteroatoms. The number of piperidine rings is 1. The van der Waals surface area contributed by atoms with Gasteiger partial charge in [-0.15, -0.1) is 0 Å². The summed E-state index contributed by atoms with van der Waals surface area (Å²) < 4.78 is 5.11. The minimum Gasteiger partial charge on any atom is -0.385 e. The maximum absolute atomic E-state index is 12.3. The van der Waals surface area contributed by atoms with E-state index in [0.717, 1.165) is 50.4 Å². The lowest BCUT2D eigenvalue weighted by Crippen LogP contribution is -2.46. The number of carbonyl (C=O) groups excluding carboxylic acids is 1. The van der Waals surface area contributed by atoms with Crippen LogP contribution >= 0.6 is 11.6 Å². The van der Waals surface area contributed by atoms with E-state index in [1.54, 1.807) is 7.11 Å². The number of benzene rings is 1. The summed E-state index contributed by atoms with van der Waals surface area (Å²) in [6, 6.07) is 7.83. The molecule has 2 amide bonds. The number of hydrogen-bond donors (Lipinski definition) is 1. The van der Waals surface area contributed by atoms with E-state index >= 15 is 0 Å². The Labute approximate surface area is 144 Å². The number of ether oxygens (including phenoxy) is 1. The zero-order chi connectivity index (χ0) is 16.5. The van der Waals surface area contributed by atoms with Crippen molar-refractivity contribution in [2.45, 2.75) is 32.1 Å². The zero-order valence-corrected chi connectivity index (χ0v) is 14.6. The molecule has 0 aliphatic carbocycles. The van der Waals surface area contributed by atoms with Gasteiger partial charge in [-0.25, -0.2) is 4.79 Å².